The van der Waals surface area contributed by atoms with E-state index in [-0.39, 0.29) is 0 Å². The van der Waals surface area contributed by atoms with Gasteiger partial charge in [0.1, 0.15) is 0 Å². The molecular weight excluding hydrogens is 247 g/mol. The van der Waals surface area contributed by atoms with Crippen molar-refractivity contribution in [3.63, 3.8) is 0 Å². The smallest absolute Gasteiger partial charge is 0.153 e. The fraction of sp³-hybridized carbons (Fsp3) is 1.00. The topological polar surface area (TPSA) is 0 Å². The Morgan fingerprint density at radius 1 is 1.07 bits per heavy atom. The van der Waals surface area contributed by atoms with E-state index in [0.717, 1.165) is 0 Å². The number of hydrogen-bond donors (Lipinski definition) is 0. The highest BCUT2D eigenvalue weighted by atomic mass is 35.6. The zero-order valence-electron chi connectivity index (χ0n) is 10.2. The maximum atomic E-state index is 6.54. The van der Waals surface area contributed by atoms with Gasteiger partial charge in [-0.2, -0.15) is 22.2 Å². The molecule has 14 heavy (non-hydrogen) atoms. The highest BCUT2D eigenvalue weighted by molar-refractivity contribution is 7.22. The van der Waals surface area contributed by atoms with Crippen molar-refractivity contribution in [2.24, 2.45) is 0 Å². The van der Waals surface area contributed by atoms with Gasteiger partial charge in [0.05, 0.1) is 0 Å². The highest BCUT2D eigenvalue weighted by Gasteiger charge is 2.34. The Kier molecular flexibility index (Phi) is 6.35. The maximum Gasteiger partial charge on any atom is 0.153 e. The molecule has 0 aromatic rings. The van der Waals surface area contributed by atoms with Crippen LogP contribution in [-0.2, 0) is 0 Å². The molecule has 0 fully saturated rings. The van der Waals surface area contributed by atoms with Crippen molar-refractivity contribution in [1.29, 1.82) is 0 Å². The Labute approximate surface area is 101 Å². The molecule has 0 nitrogen and oxygen atoms in total. The van der Waals surface area contributed by atoms with Crippen LogP contribution in [0.4, 0.5) is 0 Å². The molecule has 0 bridgehead atoms. The average molecular weight is 271 g/mol. The summed E-state index contributed by atoms with van der Waals surface area (Å²) >= 11 is 13.0. The van der Waals surface area contributed by atoms with Crippen molar-refractivity contribution in [2.45, 2.75) is 64.0 Å². The minimum atomic E-state index is -1.51. The van der Waals surface area contributed by atoms with Gasteiger partial charge >= 0.3 is 0 Å². The van der Waals surface area contributed by atoms with Crippen LogP contribution >= 0.6 is 22.2 Å². The summed E-state index contributed by atoms with van der Waals surface area (Å²) in [5, 5.41) is 0. The van der Waals surface area contributed by atoms with Crippen LogP contribution in [0.5, 0.6) is 0 Å². The summed E-state index contributed by atoms with van der Waals surface area (Å²) < 4.78 is 0. The van der Waals surface area contributed by atoms with Crippen molar-refractivity contribution in [3.8, 4) is 0 Å². The fourth-order valence-corrected chi connectivity index (χ4v) is 9.43. The highest BCUT2D eigenvalue weighted by Crippen LogP contribution is 2.38. The summed E-state index contributed by atoms with van der Waals surface area (Å²) in [6, 6.07) is 1.19. The van der Waals surface area contributed by atoms with Crippen molar-refractivity contribution in [1.82, 2.24) is 0 Å². The molecule has 0 aliphatic rings. The third kappa shape index (κ3) is 7.32. The Hall–Kier alpha value is 1.01. The van der Waals surface area contributed by atoms with Gasteiger partial charge in [0.25, 0.3) is 0 Å². The molecule has 4 heteroatoms. The quantitative estimate of drug-likeness (QED) is 0.446. The summed E-state index contributed by atoms with van der Waals surface area (Å²) in [6.45, 7) is 11.2. The molecule has 0 aliphatic carbocycles. The number of rotatable bonds is 6. The Bertz CT molecular complexity index is 158. The Balaban J connectivity index is 4.26. The lowest BCUT2D eigenvalue weighted by Crippen LogP contribution is -2.31. The summed E-state index contributed by atoms with van der Waals surface area (Å²) in [5.41, 5.74) is 0.711. The molecule has 0 saturated heterocycles. The lowest BCUT2D eigenvalue weighted by Gasteiger charge is -2.30. The van der Waals surface area contributed by atoms with Crippen LogP contribution in [0.1, 0.15) is 26.2 Å². The Morgan fingerprint density at radius 2 is 1.57 bits per heavy atom. The second kappa shape index (κ2) is 5.93. The van der Waals surface area contributed by atoms with Gasteiger partial charge in [-0.05, 0) is 11.6 Å². The predicted octanol–water partition coefficient (Wildman–Crippen LogP) is 5.43. The van der Waals surface area contributed by atoms with Gasteiger partial charge in [0.15, 0.2) is 14.8 Å². The van der Waals surface area contributed by atoms with E-state index in [2.05, 4.69) is 33.1 Å². The largest absolute Gasteiger partial charge is 0.168 e. The standard InChI is InChI=1S/C10H24Cl2Si2/c1-6-7-8-10(14(4,5)12)9-13(2,3)11/h10H,6-9H2,1-5H3. The van der Waals surface area contributed by atoms with Crippen LogP contribution in [0.2, 0.25) is 37.8 Å². The first-order chi connectivity index (χ1) is 6.17. The van der Waals surface area contributed by atoms with Gasteiger partial charge in [-0.1, -0.05) is 52.4 Å². The van der Waals surface area contributed by atoms with Gasteiger partial charge in [-0.25, -0.2) is 0 Å². The summed E-state index contributed by atoms with van der Waals surface area (Å²) in [4.78, 5) is 0. The summed E-state index contributed by atoms with van der Waals surface area (Å²) in [6.07, 6.45) is 3.85. The van der Waals surface area contributed by atoms with Crippen molar-refractivity contribution < 1.29 is 0 Å². The second-order valence-corrected chi connectivity index (χ2v) is 19.1. The molecule has 0 amide bonds. The van der Waals surface area contributed by atoms with Crippen molar-refractivity contribution in [2.75, 3.05) is 0 Å². The molecule has 0 radical (unpaired) electrons. The van der Waals surface area contributed by atoms with E-state index in [1.807, 2.05) is 0 Å². The van der Waals surface area contributed by atoms with Gasteiger partial charge in [0, 0.05) is 0 Å². The van der Waals surface area contributed by atoms with E-state index in [4.69, 9.17) is 22.2 Å². The lowest BCUT2D eigenvalue weighted by atomic mass is 10.2. The second-order valence-electron chi connectivity index (χ2n) is 5.33. The minimum absolute atomic E-state index is 0.711. The molecule has 86 valence electrons. The van der Waals surface area contributed by atoms with Gasteiger partial charge in [-0.15, -0.1) is 0 Å². The van der Waals surface area contributed by atoms with Gasteiger partial charge in [-0.3, -0.25) is 0 Å². The first-order valence-corrected chi connectivity index (χ1v) is 13.9. The summed E-state index contributed by atoms with van der Waals surface area (Å²) in [5.74, 6) is 0. The lowest BCUT2D eigenvalue weighted by molar-refractivity contribution is 0.685. The van der Waals surface area contributed by atoms with E-state index >= 15 is 0 Å². The average Bonchev–Trinajstić information content (AvgIpc) is 1.93. The summed E-state index contributed by atoms with van der Waals surface area (Å²) in [7, 11) is -2.97. The molecule has 0 rings (SSSR count). The van der Waals surface area contributed by atoms with Gasteiger partial charge in [0.2, 0.25) is 0 Å². The first kappa shape index (κ1) is 15.0. The molecule has 0 spiro atoms. The molecule has 0 aromatic heterocycles. The van der Waals surface area contributed by atoms with E-state index in [9.17, 15) is 0 Å². The van der Waals surface area contributed by atoms with Gasteiger partial charge < -0.3 is 0 Å². The predicted molar refractivity (Wildman–Crippen MR) is 74.8 cm³/mol. The first-order valence-electron chi connectivity index (χ1n) is 5.54. The molecule has 0 saturated carbocycles. The van der Waals surface area contributed by atoms with E-state index in [1.165, 1.54) is 25.3 Å². The maximum absolute atomic E-state index is 6.54. The van der Waals surface area contributed by atoms with Crippen LogP contribution in [0.3, 0.4) is 0 Å². The van der Waals surface area contributed by atoms with Crippen LogP contribution in [0.15, 0.2) is 0 Å². The number of hydrogen-bond acceptors (Lipinski definition) is 0. The molecule has 1 atom stereocenters. The van der Waals surface area contributed by atoms with E-state index < -0.39 is 14.8 Å². The third-order valence-electron chi connectivity index (χ3n) is 2.61. The molecule has 0 N–H and O–H groups in total. The van der Waals surface area contributed by atoms with Crippen LogP contribution in [0.25, 0.3) is 0 Å². The third-order valence-corrected chi connectivity index (χ3v) is 8.30. The molecule has 0 aromatic carbocycles. The molecule has 0 aliphatic heterocycles. The van der Waals surface area contributed by atoms with Crippen LogP contribution < -0.4 is 0 Å². The van der Waals surface area contributed by atoms with E-state index in [0.29, 0.717) is 5.54 Å². The van der Waals surface area contributed by atoms with Crippen molar-refractivity contribution >= 4 is 36.9 Å². The van der Waals surface area contributed by atoms with Crippen LogP contribution in [0, 0.1) is 0 Å². The molecule has 1 unspecified atom stereocenters. The zero-order valence-corrected chi connectivity index (χ0v) is 13.7. The monoisotopic (exact) mass is 270 g/mol. The van der Waals surface area contributed by atoms with Crippen LogP contribution in [-0.4, -0.2) is 14.8 Å². The molecule has 0 heterocycles. The minimum Gasteiger partial charge on any atom is -0.168 e. The van der Waals surface area contributed by atoms with E-state index in [1.54, 1.807) is 0 Å². The normalized spacial score (nSPS) is 15.6. The number of unbranched alkanes of at least 4 members (excludes halogenated alkanes) is 1. The fourth-order valence-electron chi connectivity index (χ4n) is 1.72. The SMILES string of the molecule is CCCCC(C[Si](C)(C)Cl)[Si](C)(C)Cl. The zero-order chi connectivity index (χ0) is 11.4. The number of halogens is 2. The van der Waals surface area contributed by atoms with Crippen molar-refractivity contribution in [3.05, 3.63) is 0 Å². The molecular formula is C10H24Cl2Si2. The Morgan fingerprint density at radius 3 is 1.86 bits per heavy atom.